The average molecular weight is 638 g/mol. The summed E-state index contributed by atoms with van der Waals surface area (Å²) in [5.74, 6) is 1.61. The molecule has 0 aliphatic carbocycles. The van der Waals surface area contributed by atoms with Crippen LogP contribution >= 0.6 is 15.9 Å². The van der Waals surface area contributed by atoms with Crippen molar-refractivity contribution in [1.29, 1.82) is 0 Å². The summed E-state index contributed by atoms with van der Waals surface area (Å²) in [7, 11) is -1.69. The van der Waals surface area contributed by atoms with Crippen LogP contribution in [0.5, 0.6) is 11.5 Å². The van der Waals surface area contributed by atoms with Crippen molar-refractivity contribution in [3.8, 4) is 28.3 Å². The summed E-state index contributed by atoms with van der Waals surface area (Å²) in [6.07, 6.45) is 8.66. The zero-order chi connectivity index (χ0) is 29.3. The molecule has 218 valence electrons. The number of hydrogen-bond acceptors (Lipinski definition) is 5. The van der Waals surface area contributed by atoms with Crippen molar-refractivity contribution in [2.24, 2.45) is 0 Å². The van der Waals surface area contributed by atoms with Crippen LogP contribution in [0.15, 0.2) is 89.9 Å². The lowest BCUT2D eigenvalue weighted by Crippen LogP contribution is -2.41. The fraction of sp³-hybridized carbons (Fsp3) is 0.364. The predicted molar refractivity (Wildman–Crippen MR) is 172 cm³/mol. The lowest BCUT2D eigenvalue weighted by Gasteiger charge is -2.36. The Morgan fingerprint density at radius 1 is 0.829 bits per heavy atom. The minimum Gasteiger partial charge on any atom is -0.491 e. The Morgan fingerprint density at radius 2 is 1.56 bits per heavy atom. The number of ether oxygens (including phenoxy) is 3. The molecule has 0 spiro atoms. The highest BCUT2D eigenvalue weighted by Gasteiger charge is 2.36. The first-order valence-corrected chi connectivity index (χ1v) is 17.8. The van der Waals surface area contributed by atoms with Crippen LogP contribution in [0.2, 0.25) is 18.1 Å². The standard InChI is InChI=1S/C33H41BrN2O4Si/c1-33(2,3)41(4,5)40-20-8-19-37-21-22-38-32-10-7-6-9-27(32)25-39-29-13-11-28(12-14-29)36-23-30(31(34)24-36)26-15-17-35-18-16-26/h6-7,9-18,23-24H,8,19-22,25H2,1-5H3. The molecule has 6 nitrogen and oxygen atoms in total. The predicted octanol–water partition coefficient (Wildman–Crippen LogP) is 8.69. The highest BCUT2D eigenvalue weighted by Crippen LogP contribution is 2.36. The van der Waals surface area contributed by atoms with E-state index in [4.69, 9.17) is 18.6 Å². The first-order chi connectivity index (χ1) is 19.6. The van der Waals surface area contributed by atoms with Gasteiger partial charge in [0.15, 0.2) is 8.32 Å². The van der Waals surface area contributed by atoms with E-state index in [1.54, 1.807) is 12.4 Å². The van der Waals surface area contributed by atoms with Gasteiger partial charge in [-0.2, -0.15) is 0 Å². The lowest BCUT2D eigenvalue weighted by atomic mass is 10.1. The molecule has 0 saturated heterocycles. The Bertz CT molecular complexity index is 1370. The normalized spacial score (nSPS) is 12.0. The van der Waals surface area contributed by atoms with Crippen LogP contribution in [0.1, 0.15) is 32.8 Å². The third kappa shape index (κ3) is 8.79. The monoisotopic (exact) mass is 636 g/mol. The Labute approximate surface area is 253 Å². The average Bonchev–Trinajstić information content (AvgIpc) is 3.35. The summed E-state index contributed by atoms with van der Waals surface area (Å²) in [5, 5.41) is 0.230. The Balaban J connectivity index is 1.21. The first-order valence-electron chi connectivity index (χ1n) is 14.1. The van der Waals surface area contributed by atoms with Crippen molar-refractivity contribution in [3.05, 3.63) is 95.5 Å². The molecular weight excluding hydrogens is 596 g/mol. The first kappa shape index (κ1) is 31.0. The van der Waals surface area contributed by atoms with Crippen molar-refractivity contribution in [3.63, 3.8) is 0 Å². The Kier molecular flexibility index (Phi) is 10.8. The molecule has 0 unspecified atom stereocenters. The fourth-order valence-corrected chi connectivity index (χ4v) is 5.62. The Hall–Kier alpha value is -2.91. The van der Waals surface area contributed by atoms with Crippen LogP contribution < -0.4 is 9.47 Å². The molecule has 0 fully saturated rings. The van der Waals surface area contributed by atoms with E-state index in [9.17, 15) is 0 Å². The van der Waals surface area contributed by atoms with Crippen LogP contribution in [0.4, 0.5) is 0 Å². The van der Waals surface area contributed by atoms with E-state index < -0.39 is 8.32 Å². The number of para-hydroxylation sites is 1. The molecule has 2 aromatic heterocycles. The minimum atomic E-state index is -1.69. The molecule has 0 amide bonds. The molecule has 2 aromatic carbocycles. The molecule has 0 atom stereocenters. The number of aromatic nitrogens is 2. The third-order valence-corrected chi connectivity index (χ3v) is 12.6. The van der Waals surface area contributed by atoms with Gasteiger partial charge in [0.2, 0.25) is 0 Å². The maximum Gasteiger partial charge on any atom is 0.191 e. The van der Waals surface area contributed by atoms with E-state index in [0.29, 0.717) is 26.4 Å². The quantitative estimate of drug-likeness (QED) is 0.102. The summed E-state index contributed by atoms with van der Waals surface area (Å²) in [6, 6.07) is 20.1. The van der Waals surface area contributed by atoms with Gasteiger partial charge in [-0.15, -0.1) is 0 Å². The second-order valence-corrected chi connectivity index (χ2v) is 17.1. The van der Waals surface area contributed by atoms with Crippen LogP contribution in [-0.4, -0.2) is 44.3 Å². The van der Waals surface area contributed by atoms with E-state index in [0.717, 1.165) is 51.4 Å². The molecule has 0 N–H and O–H groups in total. The van der Waals surface area contributed by atoms with Gasteiger partial charge in [-0.05, 0) is 88.5 Å². The molecule has 4 rings (SSSR count). The molecule has 8 heteroatoms. The Morgan fingerprint density at radius 3 is 2.29 bits per heavy atom. The van der Waals surface area contributed by atoms with Gasteiger partial charge >= 0.3 is 0 Å². The van der Waals surface area contributed by atoms with Gasteiger partial charge in [0, 0.05) is 59.3 Å². The van der Waals surface area contributed by atoms with E-state index in [-0.39, 0.29) is 5.04 Å². The van der Waals surface area contributed by atoms with Crippen LogP contribution in [0, 0.1) is 0 Å². The number of hydrogen-bond donors (Lipinski definition) is 0. The molecule has 0 radical (unpaired) electrons. The molecule has 41 heavy (non-hydrogen) atoms. The van der Waals surface area contributed by atoms with Crippen LogP contribution in [0.25, 0.3) is 16.8 Å². The van der Waals surface area contributed by atoms with Crippen LogP contribution in [0.3, 0.4) is 0 Å². The van der Waals surface area contributed by atoms with Gasteiger partial charge in [-0.1, -0.05) is 39.0 Å². The fourth-order valence-electron chi connectivity index (χ4n) is 3.98. The maximum absolute atomic E-state index is 6.21. The van der Waals surface area contributed by atoms with Crippen molar-refractivity contribution in [2.75, 3.05) is 26.4 Å². The van der Waals surface area contributed by atoms with Crippen molar-refractivity contribution in [1.82, 2.24) is 9.55 Å². The highest BCUT2D eigenvalue weighted by atomic mass is 79.9. The van der Waals surface area contributed by atoms with Gasteiger partial charge < -0.3 is 23.2 Å². The van der Waals surface area contributed by atoms with Gasteiger partial charge in [0.25, 0.3) is 0 Å². The zero-order valence-corrected chi connectivity index (χ0v) is 27.3. The van der Waals surface area contributed by atoms with Gasteiger partial charge in [-0.25, -0.2) is 0 Å². The third-order valence-electron chi connectivity index (χ3n) is 7.46. The SMILES string of the molecule is CC(C)(C)[Si](C)(C)OCCCOCCOc1ccccc1COc1ccc(-n2cc(Br)c(-c3ccncc3)c2)cc1. The summed E-state index contributed by atoms with van der Waals surface area (Å²) in [4.78, 5) is 4.11. The molecular formula is C33H41BrN2O4Si. The highest BCUT2D eigenvalue weighted by molar-refractivity contribution is 9.10. The molecule has 4 aromatic rings. The summed E-state index contributed by atoms with van der Waals surface area (Å²) in [6.45, 7) is 14.2. The van der Waals surface area contributed by atoms with E-state index in [1.165, 1.54) is 0 Å². The molecule has 0 aliphatic heterocycles. The van der Waals surface area contributed by atoms with E-state index in [2.05, 4.69) is 83.9 Å². The van der Waals surface area contributed by atoms with E-state index >= 15 is 0 Å². The number of nitrogens with zero attached hydrogens (tertiary/aromatic N) is 2. The number of benzene rings is 2. The number of halogens is 1. The summed E-state index contributed by atoms with van der Waals surface area (Å²) >= 11 is 3.68. The second-order valence-electron chi connectivity index (χ2n) is 11.5. The smallest absolute Gasteiger partial charge is 0.191 e. The van der Waals surface area contributed by atoms with Crippen molar-refractivity contribution >= 4 is 24.2 Å². The largest absolute Gasteiger partial charge is 0.491 e. The minimum absolute atomic E-state index is 0.230. The zero-order valence-electron chi connectivity index (χ0n) is 24.7. The molecule has 2 heterocycles. The molecule has 0 saturated carbocycles. The summed E-state index contributed by atoms with van der Waals surface area (Å²) < 4.78 is 27.2. The summed E-state index contributed by atoms with van der Waals surface area (Å²) in [5.41, 5.74) is 4.28. The molecule has 0 aliphatic rings. The topological polar surface area (TPSA) is 54.7 Å². The lowest BCUT2D eigenvalue weighted by molar-refractivity contribution is 0.0885. The number of pyridine rings is 1. The maximum atomic E-state index is 6.21. The van der Waals surface area contributed by atoms with Gasteiger partial charge in [0.05, 0.1) is 6.61 Å². The number of rotatable bonds is 14. The van der Waals surface area contributed by atoms with Gasteiger partial charge in [-0.3, -0.25) is 4.98 Å². The van der Waals surface area contributed by atoms with Crippen LogP contribution in [-0.2, 0) is 15.8 Å². The van der Waals surface area contributed by atoms with Crippen molar-refractivity contribution in [2.45, 2.75) is 51.9 Å². The molecule has 0 bridgehead atoms. The van der Waals surface area contributed by atoms with Gasteiger partial charge in [0.1, 0.15) is 24.7 Å². The second kappa shape index (κ2) is 14.3. The van der Waals surface area contributed by atoms with Crippen molar-refractivity contribution < 1.29 is 18.6 Å². The van der Waals surface area contributed by atoms with E-state index in [1.807, 2.05) is 48.5 Å².